The third kappa shape index (κ3) is 3.56. The zero-order chi connectivity index (χ0) is 13.0. The smallest absolute Gasteiger partial charge is 0.0950 e. The molecule has 0 bridgehead atoms. The van der Waals surface area contributed by atoms with Crippen LogP contribution in [0.25, 0.3) is 0 Å². The molecule has 1 aromatic heterocycles. The minimum atomic E-state index is 0.514. The van der Waals surface area contributed by atoms with E-state index in [4.69, 9.17) is 0 Å². The van der Waals surface area contributed by atoms with Crippen LogP contribution in [-0.4, -0.2) is 39.6 Å². The molecule has 2 heterocycles. The molecule has 1 fully saturated rings. The molecular formula is C14H26N4. The zero-order valence-electron chi connectivity index (χ0n) is 11.9. The third-order valence-corrected chi connectivity index (χ3v) is 3.70. The van der Waals surface area contributed by atoms with Gasteiger partial charge >= 0.3 is 0 Å². The van der Waals surface area contributed by atoms with E-state index < -0.39 is 0 Å². The Bertz CT molecular complexity index is 358. The van der Waals surface area contributed by atoms with Crippen LogP contribution in [0.1, 0.15) is 39.3 Å². The summed E-state index contributed by atoms with van der Waals surface area (Å²) in [5, 5.41) is 3.40. The second-order valence-electron chi connectivity index (χ2n) is 5.52. The normalized spacial score (nSPS) is 21.0. The number of rotatable bonds is 6. The molecule has 0 spiro atoms. The summed E-state index contributed by atoms with van der Waals surface area (Å²) >= 11 is 0. The molecular weight excluding hydrogens is 224 g/mol. The molecule has 18 heavy (non-hydrogen) atoms. The maximum atomic E-state index is 4.46. The van der Waals surface area contributed by atoms with Crippen molar-refractivity contribution < 1.29 is 0 Å². The van der Waals surface area contributed by atoms with Gasteiger partial charge in [0.25, 0.3) is 0 Å². The number of imidazole rings is 1. The van der Waals surface area contributed by atoms with E-state index in [1.165, 1.54) is 25.9 Å². The van der Waals surface area contributed by atoms with Gasteiger partial charge < -0.3 is 9.88 Å². The number of likely N-dealkylation sites (N-methyl/N-ethyl adjacent to an activating group) is 1. The van der Waals surface area contributed by atoms with Crippen molar-refractivity contribution in [3.8, 4) is 0 Å². The monoisotopic (exact) mass is 250 g/mol. The van der Waals surface area contributed by atoms with Crippen molar-refractivity contribution >= 4 is 0 Å². The number of aromatic nitrogens is 2. The van der Waals surface area contributed by atoms with Crippen LogP contribution < -0.4 is 5.32 Å². The Labute approximate surface area is 110 Å². The quantitative estimate of drug-likeness (QED) is 0.836. The van der Waals surface area contributed by atoms with Gasteiger partial charge in [-0.1, -0.05) is 20.8 Å². The molecule has 1 atom stereocenters. The third-order valence-electron chi connectivity index (χ3n) is 3.70. The maximum Gasteiger partial charge on any atom is 0.0950 e. The van der Waals surface area contributed by atoms with E-state index in [2.05, 4.69) is 46.7 Å². The van der Waals surface area contributed by atoms with Gasteiger partial charge in [0.1, 0.15) is 0 Å². The number of nitrogens with zero attached hydrogens (tertiary/aromatic N) is 3. The van der Waals surface area contributed by atoms with Crippen LogP contribution in [0.3, 0.4) is 0 Å². The van der Waals surface area contributed by atoms with Crippen molar-refractivity contribution in [2.75, 3.05) is 13.1 Å². The number of hydrogen-bond donors (Lipinski definition) is 1. The topological polar surface area (TPSA) is 33.1 Å². The van der Waals surface area contributed by atoms with Crippen LogP contribution in [0.4, 0.5) is 0 Å². The predicted molar refractivity (Wildman–Crippen MR) is 74.5 cm³/mol. The summed E-state index contributed by atoms with van der Waals surface area (Å²) in [5.41, 5.74) is 1.14. The first-order chi connectivity index (χ1) is 8.69. The van der Waals surface area contributed by atoms with E-state index in [1.54, 1.807) is 0 Å². The molecule has 0 radical (unpaired) electrons. The molecule has 0 saturated carbocycles. The fraction of sp³-hybridized carbons (Fsp3) is 0.786. The lowest BCUT2D eigenvalue weighted by Gasteiger charge is -2.22. The summed E-state index contributed by atoms with van der Waals surface area (Å²) in [6, 6.07) is 1.22. The summed E-state index contributed by atoms with van der Waals surface area (Å²) in [7, 11) is 0. The summed E-state index contributed by atoms with van der Waals surface area (Å²) < 4.78 is 2.25. The van der Waals surface area contributed by atoms with Gasteiger partial charge in [-0.2, -0.15) is 0 Å². The molecule has 1 aliphatic rings. The minimum absolute atomic E-state index is 0.514. The Hall–Kier alpha value is -0.870. The largest absolute Gasteiger partial charge is 0.336 e. The molecule has 0 aromatic carbocycles. The summed E-state index contributed by atoms with van der Waals surface area (Å²) in [4.78, 5) is 7.04. The van der Waals surface area contributed by atoms with E-state index in [0.717, 1.165) is 18.8 Å². The van der Waals surface area contributed by atoms with Gasteiger partial charge in [-0.3, -0.25) is 4.90 Å². The van der Waals surface area contributed by atoms with Crippen molar-refractivity contribution in [3.05, 3.63) is 18.2 Å². The molecule has 4 nitrogen and oxygen atoms in total. The predicted octanol–water partition coefficient (Wildman–Crippen LogP) is 1.87. The molecule has 1 saturated heterocycles. The summed E-state index contributed by atoms with van der Waals surface area (Å²) in [6.45, 7) is 11.0. The lowest BCUT2D eigenvalue weighted by Crippen LogP contribution is -2.32. The van der Waals surface area contributed by atoms with Gasteiger partial charge in [0.2, 0.25) is 0 Å². The van der Waals surface area contributed by atoms with Crippen LogP contribution in [0.5, 0.6) is 0 Å². The lowest BCUT2D eigenvalue weighted by atomic mass is 10.2. The highest BCUT2D eigenvalue weighted by Crippen LogP contribution is 2.18. The maximum absolute atomic E-state index is 4.46. The number of likely N-dealkylation sites (tertiary alicyclic amines) is 1. The van der Waals surface area contributed by atoms with Gasteiger partial charge in [-0.05, 0) is 25.9 Å². The number of nitrogens with one attached hydrogen (secondary N) is 1. The second kappa shape index (κ2) is 6.34. The fourth-order valence-corrected chi connectivity index (χ4v) is 2.67. The highest BCUT2D eigenvalue weighted by atomic mass is 15.2. The Balaban J connectivity index is 1.86. The highest BCUT2D eigenvalue weighted by molar-refractivity contribution is 4.97. The van der Waals surface area contributed by atoms with E-state index in [-0.39, 0.29) is 0 Å². The van der Waals surface area contributed by atoms with Crippen molar-refractivity contribution in [1.82, 2.24) is 19.8 Å². The molecule has 0 aliphatic carbocycles. The van der Waals surface area contributed by atoms with Crippen molar-refractivity contribution in [1.29, 1.82) is 0 Å². The first-order valence-corrected chi connectivity index (χ1v) is 7.17. The van der Waals surface area contributed by atoms with Crippen LogP contribution in [-0.2, 0) is 13.1 Å². The van der Waals surface area contributed by atoms with Crippen molar-refractivity contribution in [2.24, 2.45) is 0 Å². The Morgan fingerprint density at radius 1 is 1.50 bits per heavy atom. The SMILES string of the molecule is CCN1CCCC1Cn1cnc(CNC(C)C)c1. The summed E-state index contributed by atoms with van der Waals surface area (Å²) in [6.07, 6.45) is 6.83. The average Bonchev–Trinajstić information content (AvgIpc) is 2.96. The molecule has 4 heteroatoms. The van der Waals surface area contributed by atoms with Crippen molar-refractivity contribution in [2.45, 2.75) is 58.8 Å². The Morgan fingerprint density at radius 3 is 3.06 bits per heavy atom. The molecule has 1 aromatic rings. The molecule has 1 N–H and O–H groups in total. The average molecular weight is 250 g/mol. The molecule has 2 rings (SSSR count). The van der Waals surface area contributed by atoms with Crippen LogP contribution in [0.2, 0.25) is 0 Å². The van der Waals surface area contributed by atoms with Gasteiger partial charge in [0.05, 0.1) is 12.0 Å². The first kappa shape index (κ1) is 13.6. The molecule has 1 aliphatic heterocycles. The van der Waals surface area contributed by atoms with Crippen LogP contribution in [0.15, 0.2) is 12.5 Å². The van der Waals surface area contributed by atoms with Gasteiger partial charge in [-0.15, -0.1) is 0 Å². The van der Waals surface area contributed by atoms with Crippen LogP contribution in [0, 0.1) is 0 Å². The molecule has 0 amide bonds. The van der Waals surface area contributed by atoms with E-state index in [0.29, 0.717) is 12.1 Å². The summed E-state index contributed by atoms with van der Waals surface area (Å²) in [5.74, 6) is 0. The molecule has 102 valence electrons. The van der Waals surface area contributed by atoms with Crippen LogP contribution >= 0.6 is 0 Å². The van der Waals surface area contributed by atoms with Gasteiger partial charge in [0.15, 0.2) is 0 Å². The van der Waals surface area contributed by atoms with E-state index in [1.807, 2.05) is 6.33 Å². The standard InChI is InChI=1S/C14H26N4/c1-4-18-7-5-6-14(18)10-17-9-13(16-11-17)8-15-12(2)3/h9,11-12,14-15H,4-8,10H2,1-3H3. The van der Waals surface area contributed by atoms with E-state index >= 15 is 0 Å². The fourth-order valence-electron chi connectivity index (χ4n) is 2.67. The Morgan fingerprint density at radius 2 is 2.33 bits per heavy atom. The van der Waals surface area contributed by atoms with E-state index in [9.17, 15) is 0 Å². The first-order valence-electron chi connectivity index (χ1n) is 7.17. The Kier molecular flexibility index (Phi) is 4.78. The lowest BCUT2D eigenvalue weighted by molar-refractivity contribution is 0.244. The minimum Gasteiger partial charge on any atom is -0.336 e. The second-order valence-corrected chi connectivity index (χ2v) is 5.52. The number of hydrogen-bond acceptors (Lipinski definition) is 3. The van der Waals surface area contributed by atoms with Gasteiger partial charge in [-0.25, -0.2) is 4.98 Å². The van der Waals surface area contributed by atoms with Gasteiger partial charge in [0, 0.05) is 31.4 Å². The highest BCUT2D eigenvalue weighted by Gasteiger charge is 2.22. The zero-order valence-corrected chi connectivity index (χ0v) is 11.9. The molecule has 1 unspecified atom stereocenters. The van der Waals surface area contributed by atoms with Crippen molar-refractivity contribution in [3.63, 3.8) is 0 Å².